The van der Waals surface area contributed by atoms with Crippen LogP contribution in [0.3, 0.4) is 0 Å². The van der Waals surface area contributed by atoms with Crippen molar-refractivity contribution in [2.75, 3.05) is 48.8 Å². The summed E-state index contributed by atoms with van der Waals surface area (Å²) in [6.07, 6.45) is 1.77. The van der Waals surface area contributed by atoms with E-state index in [0.717, 1.165) is 54.2 Å². The fourth-order valence-corrected chi connectivity index (χ4v) is 4.13. The van der Waals surface area contributed by atoms with Crippen LogP contribution >= 0.6 is 0 Å². The van der Waals surface area contributed by atoms with Crippen molar-refractivity contribution in [1.82, 2.24) is 24.8 Å². The number of likely N-dealkylation sites (N-methyl/N-ethyl adjacent to an activating group) is 1. The summed E-state index contributed by atoms with van der Waals surface area (Å²) in [6.45, 7) is 9.45. The molecule has 1 aromatic carbocycles. The van der Waals surface area contributed by atoms with Gasteiger partial charge in [0.2, 0.25) is 5.95 Å². The highest BCUT2D eigenvalue weighted by Crippen LogP contribution is 2.25. The van der Waals surface area contributed by atoms with Crippen LogP contribution < -0.4 is 15.5 Å². The number of anilines is 5. The molecule has 5 rings (SSSR count). The third kappa shape index (κ3) is 5.37. The normalized spacial score (nSPS) is 14.8. The second kappa shape index (κ2) is 9.67. The lowest BCUT2D eigenvalue weighted by atomic mass is 10.1. The van der Waals surface area contributed by atoms with Gasteiger partial charge in [0.05, 0.1) is 11.2 Å². The quantitative estimate of drug-likeness (QED) is 0.372. The van der Waals surface area contributed by atoms with Gasteiger partial charge in [-0.2, -0.15) is 4.98 Å². The molecule has 1 aliphatic rings. The number of benzene rings is 1. The minimum absolute atomic E-state index is 0.475. The Bertz CT molecular complexity index is 1380. The molecule has 9 heteroatoms. The van der Waals surface area contributed by atoms with Crippen LogP contribution in [0.15, 0.2) is 54.7 Å². The topological polar surface area (TPSA) is 102 Å². The molecule has 1 fully saturated rings. The summed E-state index contributed by atoms with van der Waals surface area (Å²) in [5.41, 5.74) is 2.28. The van der Waals surface area contributed by atoms with Gasteiger partial charge in [-0.1, -0.05) is 6.07 Å². The maximum Gasteiger partial charge on any atom is 0.229 e. The summed E-state index contributed by atoms with van der Waals surface area (Å²) < 4.78 is 0. The molecule has 0 radical (unpaired) electrons. The summed E-state index contributed by atoms with van der Waals surface area (Å²) in [7, 11) is 2.16. The average molecular weight is 485 g/mol. The number of nitrogens with zero attached hydrogens (tertiary/aromatic N) is 6. The fraction of sp³-hybridized carbons (Fsp3) is 0.333. The molecule has 0 amide bonds. The Labute approximate surface area is 211 Å². The zero-order chi connectivity index (χ0) is 25.3. The van der Waals surface area contributed by atoms with E-state index in [4.69, 9.17) is 4.98 Å². The molecule has 3 aromatic heterocycles. The van der Waals surface area contributed by atoms with Crippen LogP contribution in [0.1, 0.15) is 25.1 Å². The molecule has 36 heavy (non-hydrogen) atoms. The van der Waals surface area contributed by atoms with Crippen LogP contribution in [0.4, 0.5) is 29.1 Å². The molecule has 186 valence electrons. The van der Waals surface area contributed by atoms with Gasteiger partial charge in [0.15, 0.2) is 0 Å². The Morgan fingerprint density at radius 2 is 1.72 bits per heavy atom. The number of piperazine rings is 1. The van der Waals surface area contributed by atoms with E-state index in [0.29, 0.717) is 23.3 Å². The molecule has 1 saturated heterocycles. The number of nitrogens with one attached hydrogen (secondary N) is 2. The first-order chi connectivity index (χ1) is 17.2. The first kappa shape index (κ1) is 23.9. The predicted molar refractivity (Wildman–Crippen MR) is 144 cm³/mol. The molecule has 3 N–H and O–H groups in total. The number of aliphatic hydroxyl groups is 1. The van der Waals surface area contributed by atoms with E-state index in [1.165, 1.54) is 0 Å². The van der Waals surface area contributed by atoms with Gasteiger partial charge in [-0.15, -0.1) is 0 Å². The molecule has 0 unspecified atom stereocenters. The first-order valence-corrected chi connectivity index (χ1v) is 12.2. The number of hydrogen-bond donors (Lipinski definition) is 3. The third-order valence-electron chi connectivity index (χ3n) is 6.35. The molecule has 4 heterocycles. The van der Waals surface area contributed by atoms with Gasteiger partial charge in [-0.25, -0.2) is 15.0 Å². The lowest BCUT2D eigenvalue weighted by Gasteiger charge is -2.33. The average Bonchev–Trinajstić information content (AvgIpc) is 2.86. The molecular formula is C27H32N8O. The van der Waals surface area contributed by atoms with Gasteiger partial charge >= 0.3 is 0 Å². The highest BCUT2D eigenvalue weighted by atomic mass is 16.3. The second-order valence-corrected chi connectivity index (χ2v) is 9.81. The van der Waals surface area contributed by atoms with E-state index in [-0.39, 0.29) is 0 Å². The SMILES string of the molecule is Cc1cnc(Nc2ccc3nc(N4CCN(C)CC4)ccc3c2)nc1Nc1cccc(C(C)(C)O)n1. The van der Waals surface area contributed by atoms with E-state index < -0.39 is 5.60 Å². The van der Waals surface area contributed by atoms with Crippen LogP contribution in [0, 0.1) is 6.92 Å². The summed E-state index contributed by atoms with van der Waals surface area (Å²) in [4.78, 5) is 23.2. The van der Waals surface area contributed by atoms with Crippen LogP contribution in [-0.2, 0) is 5.60 Å². The van der Waals surface area contributed by atoms with Gasteiger partial charge in [0.1, 0.15) is 23.1 Å². The van der Waals surface area contributed by atoms with Crippen molar-refractivity contribution < 1.29 is 5.11 Å². The third-order valence-corrected chi connectivity index (χ3v) is 6.35. The number of rotatable bonds is 6. The molecule has 0 spiro atoms. The number of aryl methyl sites for hydroxylation is 1. The zero-order valence-corrected chi connectivity index (χ0v) is 21.2. The van der Waals surface area contributed by atoms with Gasteiger partial charge in [-0.05, 0) is 70.3 Å². The van der Waals surface area contributed by atoms with Crippen molar-refractivity contribution in [3.63, 3.8) is 0 Å². The second-order valence-electron chi connectivity index (χ2n) is 9.81. The van der Waals surface area contributed by atoms with Crippen molar-refractivity contribution in [3.8, 4) is 0 Å². The molecule has 9 nitrogen and oxygen atoms in total. The molecule has 4 aromatic rings. The van der Waals surface area contributed by atoms with Crippen molar-refractivity contribution in [2.45, 2.75) is 26.4 Å². The summed E-state index contributed by atoms with van der Waals surface area (Å²) in [5.74, 6) is 2.75. The lowest BCUT2D eigenvalue weighted by Crippen LogP contribution is -2.44. The van der Waals surface area contributed by atoms with Crippen molar-refractivity contribution in [1.29, 1.82) is 0 Å². The Balaban J connectivity index is 1.33. The van der Waals surface area contributed by atoms with E-state index in [1.807, 2.05) is 31.2 Å². The minimum Gasteiger partial charge on any atom is -0.384 e. The van der Waals surface area contributed by atoms with Crippen LogP contribution in [0.5, 0.6) is 0 Å². The Morgan fingerprint density at radius 1 is 0.917 bits per heavy atom. The van der Waals surface area contributed by atoms with Gasteiger partial charge in [0, 0.05) is 49.0 Å². The zero-order valence-electron chi connectivity index (χ0n) is 21.2. The number of aromatic nitrogens is 4. The Kier molecular flexibility index (Phi) is 6.42. The molecule has 0 aliphatic carbocycles. The van der Waals surface area contributed by atoms with Crippen molar-refractivity contribution in [3.05, 3.63) is 66.0 Å². The van der Waals surface area contributed by atoms with E-state index in [9.17, 15) is 5.11 Å². The predicted octanol–water partition coefficient (Wildman–Crippen LogP) is 4.19. The monoisotopic (exact) mass is 484 g/mol. The van der Waals surface area contributed by atoms with E-state index >= 15 is 0 Å². The smallest absolute Gasteiger partial charge is 0.229 e. The molecule has 0 atom stereocenters. The molecule has 0 bridgehead atoms. The maximum absolute atomic E-state index is 10.3. The van der Waals surface area contributed by atoms with Gasteiger partial charge in [-0.3, -0.25) is 0 Å². The first-order valence-electron chi connectivity index (χ1n) is 12.2. The van der Waals surface area contributed by atoms with Gasteiger partial charge < -0.3 is 25.5 Å². The van der Waals surface area contributed by atoms with Gasteiger partial charge in [0.25, 0.3) is 0 Å². The van der Waals surface area contributed by atoms with Crippen molar-refractivity contribution in [2.24, 2.45) is 0 Å². The summed E-state index contributed by atoms with van der Waals surface area (Å²) in [5, 5.41) is 17.9. The largest absolute Gasteiger partial charge is 0.384 e. The van der Waals surface area contributed by atoms with Crippen LogP contribution in [0.25, 0.3) is 10.9 Å². The standard InChI is InChI=1S/C27H32N8O/c1-18-17-28-26(33-25(18)32-23-7-5-6-22(31-23)27(2,3)36)29-20-9-10-21-19(16-20)8-11-24(30-21)35-14-12-34(4)13-15-35/h5-11,16-17,36H,12-15H2,1-4H3,(H2,28,29,31,32,33). The number of hydrogen-bond acceptors (Lipinski definition) is 9. The maximum atomic E-state index is 10.3. The molecule has 1 aliphatic heterocycles. The summed E-state index contributed by atoms with van der Waals surface area (Å²) in [6, 6.07) is 15.8. The highest BCUT2D eigenvalue weighted by Gasteiger charge is 2.18. The van der Waals surface area contributed by atoms with Crippen LogP contribution in [-0.4, -0.2) is 63.2 Å². The van der Waals surface area contributed by atoms with Crippen LogP contribution in [0.2, 0.25) is 0 Å². The molecule has 0 saturated carbocycles. The fourth-order valence-electron chi connectivity index (χ4n) is 4.13. The minimum atomic E-state index is -1.03. The number of fused-ring (bicyclic) bond motifs is 1. The Hall–Kier alpha value is -3.82. The van der Waals surface area contributed by atoms with E-state index in [2.05, 4.69) is 60.6 Å². The van der Waals surface area contributed by atoms with Crippen molar-refractivity contribution >= 4 is 40.0 Å². The number of pyridine rings is 2. The summed E-state index contributed by atoms with van der Waals surface area (Å²) >= 11 is 0. The molecular weight excluding hydrogens is 452 g/mol. The lowest BCUT2D eigenvalue weighted by molar-refractivity contribution is 0.0740. The highest BCUT2D eigenvalue weighted by molar-refractivity contribution is 5.84. The van der Waals surface area contributed by atoms with E-state index in [1.54, 1.807) is 26.1 Å². The Morgan fingerprint density at radius 3 is 2.50 bits per heavy atom.